The number of nitrogen functional groups attached to an aromatic ring is 1. The Morgan fingerprint density at radius 3 is 2.45 bits per heavy atom. The molecule has 0 bridgehead atoms. The molecule has 0 radical (unpaired) electrons. The van der Waals surface area contributed by atoms with Crippen LogP contribution in [0.5, 0.6) is 0 Å². The van der Waals surface area contributed by atoms with Crippen molar-refractivity contribution in [3.05, 3.63) is 64.6 Å². The van der Waals surface area contributed by atoms with Gasteiger partial charge in [0.1, 0.15) is 17.3 Å². The zero-order valence-corrected chi connectivity index (χ0v) is 21.0. The van der Waals surface area contributed by atoms with Gasteiger partial charge in [0.2, 0.25) is 3.68 Å². The topological polar surface area (TPSA) is 70.9 Å². The van der Waals surface area contributed by atoms with Gasteiger partial charge in [0.25, 0.3) is 0 Å². The molecule has 1 aromatic heterocycles. The number of nitrogens with zero attached hydrogens (tertiary/aromatic N) is 3. The van der Waals surface area contributed by atoms with Crippen LogP contribution in [0.4, 0.5) is 17.6 Å². The van der Waals surface area contributed by atoms with Crippen molar-refractivity contribution in [1.29, 1.82) is 5.41 Å². The van der Waals surface area contributed by atoms with Crippen LogP contribution in [-0.4, -0.2) is 26.8 Å². The predicted molar refractivity (Wildman–Crippen MR) is 128 cm³/mol. The Morgan fingerprint density at radius 2 is 1.88 bits per heavy atom. The molecule has 0 spiro atoms. The van der Waals surface area contributed by atoms with Crippen LogP contribution in [0.1, 0.15) is 50.0 Å². The molecule has 1 aromatic carbocycles. The number of hydrogen-bond acceptors (Lipinski definition) is 3. The van der Waals surface area contributed by atoms with E-state index in [1.807, 2.05) is 18.7 Å². The first-order valence-corrected chi connectivity index (χ1v) is 11.8. The highest BCUT2D eigenvalue weighted by molar-refractivity contribution is 14.1. The molecular formula is C23H28F4IN5. The smallest absolute Gasteiger partial charge is 0.215 e. The molecule has 1 aliphatic heterocycles. The Bertz CT molecular complexity index is 1070. The van der Waals surface area contributed by atoms with Crippen molar-refractivity contribution < 1.29 is 17.6 Å². The molecule has 10 heteroatoms. The highest BCUT2D eigenvalue weighted by Gasteiger charge is 2.34. The summed E-state index contributed by atoms with van der Waals surface area (Å²) in [6.07, 6.45) is 0.753. The number of allylic oxidation sites excluding steroid dienone is 1. The number of amidine groups is 1. The summed E-state index contributed by atoms with van der Waals surface area (Å²) in [5.74, 6) is -2.97. The van der Waals surface area contributed by atoms with E-state index >= 15 is 0 Å². The second-order valence-corrected chi connectivity index (χ2v) is 11.0. The van der Waals surface area contributed by atoms with E-state index in [1.54, 1.807) is 27.2 Å². The Kier molecular flexibility index (Phi) is 7.45. The molecule has 0 fully saturated rings. The molecule has 0 amide bonds. The maximum atomic E-state index is 14.7. The number of fused-ring (bicyclic) bond motifs is 1. The lowest BCUT2D eigenvalue weighted by molar-refractivity contribution is 0.236. The van der Waals surface area contributed by atoms with E-state index in [4.69, 9.17) is 11.1 Å². The lowest BCUT2D eigenvalue weighted by Crippen LogP contribution is -2.36. The lowest BCUT2D eigenvalue weighted by atomic mass is 9.85. The van der Waals surface area contributed by atoms with Crippen molar-refractivity contribution in [2.24, 2.45) is 17.6 Å². The highest BCUT2D eigenvalue weighted by Crippen LogP contribution is 2.36. The fourth-order valence-corrected chi connectivity index (χ4v) is 4.58. The molecule has 2 atom stereocenters. The summed E-state index contributed by atoms with van der Waals surface area (Å²) in [7, 11) is 0. The lowest BCUT2D eigenvalue weighted by Gasteiger charge is -2.35. The van der Waals surface area contributed by atoms with Gasteiger partial charge in [-0.25, -0.2) is 22.5 Å². The second-order valence-electron chi connectivity index (χ2n) is 8.94. The van der Waals surface area contributed by atoms with Gasteiger partial charge in [-0.3, -0.25) is 5.41 Å². The van der Waals surface area contributed by atoms with E-state index in [0.29, 0.717) is 37.8 Å². The normalized spacial score (nSPS) is 16.5. The molecule has 2 heterocycles. The van der Waals surface area contributed by atoms with E-state index in [0.717, 1.165) is 11.8 Å². The standard InChI is InChI=1S/C23H28F4IN5/c1-12(2)14(8-15-9-17(25)18(26)10-16(15)24)7-13(3)32-5-6-33-19(11-32)20(21(29)30)31-22(33)23(4,27)28/h9-10,12,14H,3,5-8,11H2,1-2,4H3,(H3,29,30)/t14-,23?/m0/s1. The second kappa shape index (κ2) is 9.63. The fourth-order valence-electron chi connectivity index (χ4n) is 4.17. The average molecular weight is 577 g/mol. The average Bonchev–Trinajstić information content (AvgIpc) is 3.10. The third-order valence-electron chi connectivity index (χ3n) is 6.11. The summed E-state index contributed by atoms with van der Waals surface area (Å²) >= 11 is 1.67. The number of alkyl halides is 2. The Labute approximate surface area is 204 Å². The SMILES string of the molecule is C=C(C[C@@H](Cc1cc(F)c(F)cc1F)C(C)C)N1CCn2c(C(C)(F)I)nc(C(=N)N)c2C1. The number of halogens is 5. The molecule has 3 rings (SSSR count). The van der Waals surface area contributed by atoms with Crippen LogP contribution >= 0.6 is 22.6 Å². The van der Waals surface area contributed by atoms with Crippen LogP contribution in [0.15, 0.2) is 24.4 Å². The van der Waals surface area contributed by atoms with E-state index in [-0.39, 0.29) is 41.2 Å². The van der Waals surface area contributed by atoms with Crippen molar-refractivity contribution >= 4 is 28.4 Å². The van der Waals surface area contributed by atoms with Gasteiger partial charge in [-0.05, 0) is 65.8 Å². The Hall–Kier alpha value is -2.11. The van der Waals surface area contributed by atoms with E-state index in [1.165, 1.54) is 6.92 Å². The Balaban J connectivity index is 1.80. The quantitative estimate of drug-likeness (QED) is 0.110. The van der Waals surface area contributed by atoms with Crippen molar-refractivity contribution in [3.8, 4) is 0 Å². The molecular weight excluding hydrogens is 549 g/mol. The maximum Gasteiger partial charge on any atom is 0.215 e. The van der Waals surface area contributed by atoms with Crippen LogP contribution in [-0.2, 0) is 23.2 Å². The third-order valence-corrected chi connectivity index (χ3v) is 6.60. The van der Waals surface area contributed by atoms with Crippen molar-refractivity contribution in [1.82, 2.24) is 14.5 Å². The monoisotopic (exact) mass is 577 g/mol. The summed E-state index contributed by atoms with van der Waals surface area (Å²) in [4.78, 5) is 6.31. The minimum Gasteiger partial charge on any atom is -0.382 e. The van der Waals surface area contributed by atoms with Crippen LogP contribution < -0.4 is 5.73 Å². The summed E-state index contributed by atoms with van der Waals surface area (Å²) in [5, 5.41) is 7.86. The van der Waals surface area contributed by atoms with E-state index in [9.17, 15) is 17.6 Å². The van der Waals surface area contributed by atoms with Gasteiger partial charge in [0.15, 0.2) is 17.5 Å². The molecule has 3 N–H and O–H groups in total. The number of nitrogens with two attached hydrogens (primary N) is 1. The first-order valence-electron chi connectivity index (χ1n) is 10.7. The summed E-state index contributed by atoms with van der Waals surface area (Å²) in [6.45, 7) is 11.0. The van der Waals surface area contributed by atoms with Gasteiger partial charge in [-0.2, -0.15) is 0 Å². The first-order chi connectivity index (χ1) is 15.3. The van der Waals surface area contributed by atoms with E-state index < -0.39 is 21.1 Å². The number of imidazole rings is 1. The first kappa shape index (κ1) is 25.5. The van der Waals surface area contributed by atoms with Crippen molar-refractivity contribution in [2.45, 2.75) is 50.4 Å². The highest BCUT2D eigenvalue weighted by atomic mass is 127. The number of benzene rings is 1. The van der Waals surface area contributed by atoms with Gasteiger partial charge >= 0.3 is 0 Å². The third kappa shape index (κ3) is 5.52. The number of aromatic nitrogens is 2. The zero-order chi connectivity index (χ0) is 24.7. The molecule has 33 heavy (non-hydrogen) atoms. The minimum absolute atomic E-state index is 0.0602. The molecule has 5 nitrogen and oxygen atoms in total. The van der Waals surface area contributed by atoms with Gasteiger partial charge in [-0.1, -0.05) is 20.4 Å². The van der Waals surface area contributed by atoms with Gasteiger partial charge in [-0.15, -0.1) is 0 Å². The van der Waals surface area contributed by atoms with Crippen LogP contribution in [0.2, 0.25) is 0 Å². The number of nitrogens with one attached hydrogen (secondary N) is 1. The predicted octanol–water partition coefficient (Wildman–Crippen LogP) is 5.40. The van der Waals surface area contributed by atoms with Gasteiger partial charge in [0, 0.05) is 24.9 Å². The summed E-state index contributed by atoms with van der Waals surface area (Å²) in [6, 6.07) is 1.50. The summed E-state index contributed by atoms with van der Waals surface area (Å²) < 4.78 is 55.9. The molecule has 1 unspecified atom stereocenters. The minimum atomic E-state index is -1.71. The zero-order valence-electron chi connectivity index (χ0n) is 18.9. The van der Waals surface area contributed by atoms with Gasteiger partial charge in [0.05, 0.1) is 12.2 Å². The summed E-state index contributed by atoms with van der Waals surface area (Å²) in [5.41, 5.74) is 7.54. The number of rotatable bonds is 8. The Morgan fingerprint density at radius 1 is 1.24 bits per heavy atom. The molecule has 0 saturated carbocycles. The number of hydrogen-bond donors (Lipinski definition) is 2. The van der Waals surface area contributed by atoms with E-state index in [2.05, 4.69) is 11.6 Å². The molecule has 2 aromatic rings. The largest absolute Gasteiger partial charge is 0.382 e. The van der Waals surface area contributed by atoms with Gasteiger partial charge < -0.3 is 15.2 Å². The van der Waals surface area contributed by atoms with Crippen molar-refractivity contribution in [3.63, 3.8) is 0 Å². The van der Waals surface area contributed by atoms with Crippen LogP contribution in [0.3, 0.4) is 0 Å². The molecule has 0 saturated heterocycles. The van der Waals surface area contributed by atoms with Crippen LogP contribution in [0, 0.1) is 34.7 Å². The van der Waals surface area contributed by atoms with Crippen molar-refractivity contribution in [2.75, 3.05) is 6.54 Å². The molecule has 180 valence electrons. The van der Waals surface area contributed by atoms with Crippen LogP contribution in [0.25, 0.3) is 0 Å². The maximum absolute atomic E-state index is 14.7. The molecule has 1 aliphatic rings. The fraction of sp³-hybridized carbons (Fsp3) is 0.478. The molecule has 0 aliphatic carbocycles.